The third kappa shape index (κ3) is 4.59. The van der Waals surface area contributed by atoms with Crippen LogP contribution in [-0.2, 0) is 19.6 Å². The fourth-order valence-electron chi connectivity index (χ4n) is 4.01. The molecule has 0 radical (unpaired) electrons. The Morgan fingerprint density at radius 2 is 1.68 bits per heavy atom. The zero-order chi connectivity index (χ0) is 21.8. The van der Waals surface area contributed by atoms with Gasteiger partial charge in [0.2, 0.25) is 15.9 Å². The summed E-state index contributed by atoms with van der Waals surface area (Å²) in [4.78, 5) is 17.2. The van der Waals surface area contributed by atoms with Gasteiger partial charge in [-0.1, -0.05) is 30.3 Å². The van der Waals surface area contributed by atoms with Gasteiger partial charge in [0, 0.05) is 26.2 Å². The third-order valence-electron chi connectivity index (χ3n) is 5.68. The van der Waals surface area contributed by atoms with Crippen molar-refractivity contribution in [2.24, 2.45) is 0 Å². The molecule has 0 N–H and O–H groups in total. The lowest BCUT2D eigenvalue weighted by atomic mass is 10.1. The fraction of sp³-hybridized carbons (Fsp3) is 0.409. The highest BCUT2D eigenvalue weighted by Crippen LogP contribution is 2.35. The van der Waals surface area contributed by atoms with Crippen molar-refractivity contribution in [3.63, 3.8) is 0 Å². The summed E-state index contributed by atoms with van der Waals surface area (Å²) in [6, 6.07) is 15.5. The van der Waals surface area contributed by atoms with Crippen molar-refractivity contribution >= 4 is 15.9 Å². The topological polar surface area (TPSA) is 79.4 Å². The van der Waals surface area contributed by atoms with Crippen molar-refractivity contribution in [2.45, 2.75) is 11.1 Å². The molecule has 9 heteroatoms. The molecule has 0 spiro atoms. The van der Waals surface area contributed by atoms with Crippen LogP contribution in [0.3, 0.4) is 0 Å². The minimum absolute atomic E-state index is 0.0894. The van der Waals surface area contributed by atoms with E-state index in [-0.39, 0.29) is 23.9 Å². The van der Waals surface area contributed by atoms with Crippen molar-refractivity contribution in [3.8, 4) is 5.75 Å². The average molecular weight is 446 g/mol. The number of hydrogen-bond acceptors (Lipinski definition) is 6. The van der Waals surface area contributed by atoms with E-state index in [0.29, 0.717) is 38.6 Å². The Labute approximate surface area is 183 Å². The second-order valence-electron chi connectivity index (χ2n) is 7.55. The summed E-state index contributed by atoms with van der Waals surface area (Å²) in [5, 5.41) is 0. The van der Waals surface area contributed by atoms with E-state index in [0.717, 1.165) is 5.56 Å². The SMILES string of the molecule is COc1ccc([C@H]2N(C(=O)CN3CCOCC3)CCN2S(=O)(=O)c2ccccc2)cc1. The van der Waals surface area contributed by atoms with Crippen LogP contribution in [0.2, 0.25) is 0 Å². The Kier molecular flexibility index (Phi) is 6.57. The zero-order valence-electron chi connectivity index (χ0n) is 17.5. The normalized spacial score (nSPS) is 20.7. The van der Waals surface area contributed by atoms with E-state index in [1.54, 1.807) is 54.5 Å². The number of morpholine rings is 1. The zero-order valence-corrected chi connectivity index (χ0v) is 18.3. The number of sulfonamides is 1. The van der Waals surface area contributed by atoms with E-state index in [1.165, 1.54) is 4.31 Å². The summed E-state index contributed by atoms with van der Waals surface area (Å²) < 4.78 is 38.9. The number of methoxy groups -OCH3 is 1. The first-order valence-corrected chi connectivity index (χ1v) is 11.7. The monoisotopic (exact) mass is 445 g/mol. The first-order valence-electron chi connectivity index (χ1n) is 10.3. The molecular formula is C22H27N3O5S. The molecule has 4 rings (SSSR count). The van der Waals surface area contributed by atoms with Crippen molar-refractivity contribution in [3.05, 3.63) is 60.2 Å². The molecule has 2 aliphatic rings. The van der Waals surface area contributed by atoms with Crippen LogP contribution in [0.1, 0.15) is 11.7 Å². The molecule has 166 valence electrons. The third-order valence-corrected chi connectivity index (χ3v) is 7.54. The average Bonchev–Trinajstić information content (AvgIpc) is 3.27. The molecule has 0 aromatic heterocycles. The maximum atomic E-state index is 13.4. The van der Waals surface area contributed by atoms with Crippen LogP contribution in [0.25, 0.3) is 0 Å². The molecular weight excluding hydrogens is 418 g/mol. The lowest BCUT2D eigenvalue weighted by Gasteiger charge is -2.32. The van der Waals surface area contributed by atoms with Gasteiger partial charge in [0.25, 0.3) is 0 Å². The number of hydrogen-bond donors (Lipinski definition) is 0. The number of nitrogens with zero attached hydrogens (tertiary/aromatic N) is 3. The highest BCUT2D eigenvalue weighted by atomic mass is 32.2. The number of benzene rings is 2. The van der Waals surface area contributed by atoms with Crippen molar-refractivity contribution in [2.75, 3.05) is 53.0 Å². The Bertz CT molecular complexity index is 992. The molecule has 0 unspecified atom stereocenters. The van der Waals surface area contributed by atoms with E-state index >= 15 is 0 Å². The number of carbonyl (C=O) groups is 1. The summed E-state index contributed by atoms with van der Waals surface area (Å²) in [7, 11) is -2.20. The van der Waals surface area contributed by atoms with Gasteiger partial charge in [-0.25, -0.2) is 8.42 Å². The molecule has 2 aromatic rings. The van der Waals surface area contributed by atoms with Gasteiger partial charge in [-0.05, 0) is 29.8 Å². The summed E-state index contributed by atoms with van der Waals surface area (Å²) in [5.74, 6) is 0.582. The highest BCUT2D eigenvalue weighted by molar-refractivity contribution is 7.89. The first-order chi connectivity index (χ1) is 15.0. The molecule has 8 nitrogen and oxygen atoms in total. The molecule has 2 saturated heterocycles. The smallest absolute Gasteiger partial charge is 0.245 e. The molecule has 2 heterocycles. The predicted octanol–water partition coefficient (Wildman–Crippen LogP) is 1.56. The Morgan fingerprint density at radius 1 is 1.00 bits per heavy atom. The fourth-order valence-corrected chi connectivity index (χ4v) is 5.60. The van der Waals surface area contributed by atoms with E-state index in [1.807, 2.05) is 17.0 Å². The Balaban J connectivity index is 1.65. The summed E-state index contributed by atoms with van der Waals surface area (Å²) in [6.07, 6.45) is -0.704. The van der Waals surface area contributed by atoms with Crippen LogP contribution in [0.4, 0.5) is 0 Å². The lowest BCUT2D eigenvalue weighted by Crippen LogP contribution is -2.45. The second-order valence-corrected chi connectivity index (χ2v) is 9.44. The predicted molar refractivity (Wildman–Crippen MR) is 115 cm³/mol. The van der Waals surface area contributed by atoms with Crippen molar-refractivity contribution in [1.29, 1.82) is 0 Å². The molecule has 0 bridgehead atoms. The quantitative estimate of drug-likeness (QED) is 0.672. The molecule has 0 aliphatic carbocycles. The maximum absolute atomic E-state index is 13.4. The molecule has 2 fully saturated rings. The number of amides is 1. The lowest BCUT2D eigenvalue weighted by molar-refractivity contribution is -0.135. The van der Waals surface area contributed by atoms with Gasteiger partial charge in [0.15, 0.2) is 0 Å². The van der Waals surface area contributed by atoms with E-state index in [9.17, 15) is 13.2 Å². The standard InChI is InChI=1S/C22H27N3O5S/c1-29-19-9-7-18(8-10-19)22-24(21(26)17-23-13-15-30-16-14-23)11-12-25(22)31(27,28)20-5-3-2-4-6-20/h2-10,22H,11-17H2,1H3/t22-/m0/s1. The molecule has 31 heavy (non-hydrogen) atoms. The van der Waals surface area contributed by atoms with Gasteiger partial charge < -0.3 is 14.4 Å². The van der Waals surface area contributed by atoms with Crippen LogP contribution < -0.4 is 4.74 Å². The summed E-state index contributed by atoms with van der Waals surface area (Å²) in [6.45, 7) is 3.41. The van der Waals surface area contributed by atoms with Crippen LogP contribution >= 0.6 is 0 Å². The van der Waals surface area contributed by atoms with E-state index in [2.05, 4.69) is 0 Å². The minimum Gasteiger partial charge on any atom is -0.497 e. The van der Waals surface area contributed by atoms with Crippen molar-refractivity contribution < 1.29 is 22.7 Å². The molecule has 1 amide bonds. The van der Waals surface area contributed by atoms with Crippen LogP contribution in [0.5, 0.6) is 5.75 Å². The van der Waals surface area contributed by atoms with Gasteiger partial charge in [-0.2, -0.15) is 4.31 Å². The molecule has 2 aliphatic heterocycles. The van der Waals surface area contributed by atoms with Gasteiger partial charge in [-0.15, -0.1) is 0 Å². The number of ether oxygens (including phenoxy) is 2. The number of rotatable bonds is 6. The first kappa shape index (κ1) is 21.8. The second kappa shape index (κ2) is 9.35. The van der Waals surface area contributed by atoms with Crippen molar-refractivity contribution in [1.82, 2.24) is 14.1 Å². The Hall–Kier alpha value is -2.46. The van der Waals surface area contributed by atoms with E-state index < -0.39 is 16.2 Å². The summed E-state index contributed by atoms with van der Waals surface area (Å²) >= 11 is 0. The maximum Gasteiger partial charge on any atom is 0.245 e. The van der Waals surface area contributed by atoms with E-state index in [4.69, 9.17) is 9.47 Å². The highest BCUT2D eigenvalue weighted by Gasteiger charge is 2.43. The molecule has 1 atom stereocenters. The van der Waals surface area contributed by atoms with Crippen LogP contribution in [-0.4, -0.2) is 81.5 Å². The van der Waals surface area contributed by atoms with Gasteiger partial charge in [0.05, 0.1) is 31.8 Å². The molecule has 0 saturated carbocycles. The van der Waals surface area contributed by atoms with Gasteiger partial charge in [-0.3, -0.25) is 9.69 Å². The summed E-state index contributed by atoms with van der Waals surface area (Å²) in [5.41, 5.74) is 0.730. The minimum atomic E-state index is -3.78. The molecule has 2 aromatic carbocycles. The van der Waals surface area contributed by atoms with Crippen LogP contribution in [0.15, 0.2) is 59.5 Å². The van der Waals surface area contributed by atoms with Crippen LogP contribution in [0, 0.1) is 0 Å². The Morgan fingerprint density at radius 3 is 2.32 bits per heavy atom. The van der Waals surface area contributed by atoms with Gasteiger partial charge >= 0.3 is 0 Å². The van der Waals surface area contributed by atoms with Gasteiger partial charge in [0.1, 0.15) is 11.9 Å². The number of carbonyl (C=O) groups excluding carboxylic acids is 1. The largest absolute Gasteiger partial charge is 0.497 e.